The number of hydrogen-bond acceptors (Lipinski definition) is 1. The molecule has 0 bridgehead atoms. The van der Waals surface area contributed by atoms with E-state index < -0.39 is 0 Å². The third-order valence-electron chi connectivity index (χ3n) is 2.09. The maximum atomic E-state index is 5.83. The highest BCUT2D eigenvalue weighted by molar-refractivity contribution is 6.29. The first kappa shape index (κ1) is 8.57. The molecule has 2 heterocycles. The maximum absolute atomic E-state index is 5.83. The molecule has 0 atom stereocenters. The topological polar surface area (TPSA) is 17.8 Å². The van der Waals surface area contributed by atoms with Crippen molar-refractivity contribution in [3.63, 3.8) is 0 Å². The van der Waals surface area contributed by atoms with Crippen molar-refractivity contribution in [1.82, 2.24) is 9.55 Å². The molecular weight excluding hydrogens is 184 g/mol. The second-order valence-corrected chi connectivity index (χ2v) is 3.75. The number of nitrogens with zero attached hydrogens (tertiary/aromatic N) is 2. The molecular formula is C10H11ClN2. The van der Waals surface area contributed by atoms with Gasteiger partial charge in [0.1, 0.15) is 10.8 Å². The molecule has 0 saturated heterocycles. The van der Waals surface area contributed by atoms with Gasteiger partial charge in [0, 0.05) is 17.6 Å². The third kappa shape index (κ3) is 1.42. The van der Waals surface area contributed by atoms with E-state index in [1.165, 1.54) is 0 Å². The molecule has 2 aromatic rings. The summed E-state index contributed by atoms with van der Waals surface area (Å²) in [6.07, 6.45) is 2.04. The Bertz CT molecular complexity index is 431. The average Bonchev–Trinajstić information content (AvgIpc) is 2.46. The highest BCUT2D eigenvalue weighted by Crippen LogP contribution is 2.19. The largest absolute Gasteiger partial charge is 0.330 e. The summed E-state index contributed by atoms with van der Waals surface area (Å²) in [7, 11) is 0. The molecule has 0 aliphatic carbocycles. The lowest BCUT2D eigenvalue weighted by atomic mass is 10.3. The molecule has 0 aliphatic rings. The molecule has 0 unspecified atom stereocenters. The van der Waals surface area contributed by atoms with Crippen LogP contribution in [0.15, 0.2) is 24.4 Å². The van der Waals surface area contributed by atoms with Crippen LogP contribution in [0, 0.1) is 0 Å². The summed E-state index contributed by atoms with van der Waals surface area (Å²) in [5.41, 5.74) is 0.961. The Labute approximate surface area is 82.1 Å². The number of hydrogen-bond donors (Lipinski definition) is 0. The first-order chi connectivity index (χ1) is 6.18. The SMILES string of the molecule is CC(C)n1ccc2ccc(Cl)nc21. The van der Waals surface area contributed by atoms with Crippen molar-refractivity contribution >= 4 is 22.6 Å². The lowest BCUT2D eigenvalue weighted by Gasteiger charge is -2.07. The van der Waals surface area contributed by atoms with Gasteiger partial charge in [-0.15, -0.1) is 0 Å². The van der Waals surface area contributed by atoms with Crippen LogP contribution in [0.25, 0.3) is 11.0 Å². The molecule has 0 fully saturated rings. The van der Waals surface area contributed by atoms with Gasteiger partial charge in [0.15, 0.2) is 0 Å². The Morgan fingerprint density at radius 1 is 1.31 bits per heavy atom. The quantitative estimate of drug-likeness (QED) is 0.638. The summed E-state index contributed by atoms with van der Waals surface area (Å²) in [4.78, 5) is 4.29. The van der Waals surface area contributed by atoms with Crippen LogP contribution in [-0.2, 0) is 0 Å². The monoisotopic (exact) mass is 194 g/mol. The number of halogens is 1. The fourth-order valence-corrected chi connectivity index (χ4v) is 1.56. The number of rotatable bonds is 1. The van der Waals surface area contributed by atoms with E-state index in [0.717, 1.165) is 11.0 Å². The van der Waals surface area contributed by atoms with Crippen molar-refractivity contribution < 1.29 is 0 Å². The predicted octanol–water partition coefficient (Wildman–Crippen LogP) is 3.27. The summed E-state index contributed by atoms with van der Waals surface area (Å²) in [6, 6.07) is 6.28. The van der Waals surface area contributed by atoms with Crippen molar-refractivity contribution in [1.29, 1.82) is 0 Å². The maximum Gasteiger partial charge on any atom is 0.141 e. The number of pyridine rings is 1. The van der Waals surface area contributed by atoms with E-state index in [4.69, 9.17) is 11.6 Å². The Morgan fingerprint density at radius 2 is 2.08 bits per heavy atom. The summed E-state index contributed by atoms with van der Waals surface area (Å²) in [6.45, 7) is 4.25. The molecule has 0 aliphatic heterocycles. The van der Waals surface area contributed by atoms with Crippen LogP contribution >= 0.6 is 11.6 Å². The van der Waals surface area contributed by atoms with Gasteiger partial charge < -0.3 is 4.57 Å². The van der Waals surface area contributed by atoms with E-state index in [9.17, 15) is 0 Å². The highest BCUT2D eigenvalue weighted by Gasteiger charge is 2.04. The first-order valence-electron chi connectivity index (χ1n) is 4.31. The minimum atomic E-state index is 0.420. The van der Waals surface area contributed by atoms with Gasteiger partial charge >= 0.3 is 0 Å². The minimum absolute atomic E-state index is 0.420. The molecule has 0 aromatic carbocycles. The zero-order valence-corrected chi connectivity index (χ0v) is 8.42. The van der Waals surface area contributed by atoms with Crippen molar-refractivity contribution in [2.75, 3.05) is 0 Å². The summed E-state index contributed by atoms with van der Waals surface area (Å²) in [5, 5.41) is 1.69. The lowest BCUT2D eigenvalue weighted by molar-refractivity contribution is 0.618. The summed E-state index contributed by atoms with van der Waals surface area (Å²) >= 11 is 5.83. The molecule has 0 radical (unpaired) electrons. The van der Waals surface area contributed by atoms with Crippen molar-refractivity contribution in [3.8, 4) is 0 Å². The van der Waals surface area contributed by atoms with Crippen LogP contribution in [0.1, 0.15) is 19.9 Å². The molecule has 0 spiro atoms. The van der Waals surface area contributed by atoms with Crippen molar-refractivity contribution in [2.45, 2.75) is 19.9 Å². The van der Waals surface area contributed by atoms with Crippen LogP contribution < -0.4 is 0 Å². The zero-order valence-electron chi connectivity index (χ0n) is 7.66. The molecule has 0 saturated carbocycles. The van der Waals surface area contributed by atoms with Crippen LogP contribution in [0.3, 0.4) is 0 Å². The van der Waals surface area contributed by atoms with Gasteiger partial charge in [-0.25, -0.2) is 4.98 Å². The molecule has 2 nitrogen and oxygen atoms in total. The van der Waals surface area contributed by atoms with Gasteiger partial charge in [0.2, 0.25) is 0 Å². The molecule has 0 N–H and O–H groups in total. The molecule has 2 rings (SSSR count). The summed E-state index contributed by atoms with van der Waals surface area (Å²) in [5.74, 6) is 0. The second-order valence-electron chi connectivity index (χ2n) is 3.36. The standard InChI is InChI=1S/C10H11ClN2/c1-7(2)13-6-5-8-3-4-9(11)12-10(8)13/h3-7H,1-2H3. The lowest BCUT2D eigenvalue weighted by Crippen LogP contribution is -1.99. The van der Waals surface area contributed by atoms with Crippen LogP contribution in [0.2, 0.25) is 5.15 Å². The Hall–Kier alpha value is -1.02. The van der Waals surface area contributed by atoms with E-state index in [-0.39, 0.29) is 0 Å². The Kier molecular flexibility index (Phi) is 2.00. The van der Waals surface area contributed by atoms with E-state index in [0.29, 0.717) is 11.2 Å². The van der Waals surface area contributed by atoms with Gasteiger partial charge in [-0.3, -0.25) is 0 Å². The molecule has 3 heteroatoms. The minimum Gasteiger partial charge on any atom is -0.330 e. The van der Waals surface area contributed by atoms with E-state index in [1.54, 1.807) is 0 Å². The van der Waals surface area contributed by atoms with Gasteiger partial charge in [0.25, 0.3) is 0 Å². The van der Waals surface area contributed by atoms with E-state index >= 15 is 0 Å². The van der Waals surface area contributed by atoms with Crippen molar-refractivity contribution in [2.24, 2.45) is 0 Å². The van der Waals surface area contributed by atoms with E-state index in [2.05, 4.69) is 29.5 Å². The van der Waals surface area contributed by atoms with Crippen molar-refractivity contribution in [3.05, 3.63) is 29.5 Å². The fraction of sp³-hybridized carbons (Fsp3) is 0.300. The Balaban J connectivity index is 2.71. The normalized spacial score (nSPS) is 11.4. The molecule has 13 heavy (non-hydrogen) atoms. The highest BCUT2D eigenvalue weighted by atomic mass is 35.5. The average molecular weight is 195 g/mol. The second kappa shape index (κ2) is 3.04. The van der Waals surface area contributed by atoms with Gasteiger partial charge in [0.05, 0.1) is 0 Å². The molecule has 0 amide bonds. The van der Waals surface area contributed by atoms with Crippen LogP contribution in [0.5, 0.6) is 0 Å². The first-order valence-corrected chi connectivity index (χ1v) is 4.69. The van der Waals surface area contributed by atoms with Gasteiger partial charge in [-0.05, 0) is 32.0 Å². The molecule has 2 aromatic heterocycles. The van der Waals surface area contributed by atoms with Gasteiger partial charge in [-0.1, -0.05) is 11.6 Å². The van der Waals surface area contributed by atoms with E-state index in [1.807, 2.05) is 18.3 Å². The number of fused-ring (bicyclic) bond motifs is 1. The van der Waals surface area contributed by atoms with Gasteiger partial charge in [-0.2, -0.15) is 0 Å². The number of aromatic nitrogens is 2. The van der Waals surface area contributed by atoms with Crippen LogP contribution in [-0.4, -0.2) is 9.55 Å². The summed E-state index contributed by atoms with van der Waals surface area (Å²) < 4.78 is 2.11. The molecule has 68 valence electrons. The Morgan fingerprint density at radius 3 is 2.77 bits per heavy atom. The predicted molar refractivity (Wildman–Crippen MR) is 55.1 cm³/mol. The third-order valence-corrected chi connectivity index (χ3v) is 2.30. The smallest absolute Gasteiger partial charge is 0.141 e. The zero-order chi connectivity index (χ0) is 9.42. The van der Waals surface area contributed by atoms with Crippen LogP contribution in [0.4, 0.5) is 0 Å². The fourth-order valence-electron chi connectivity index (χ4n) is 1.42.